The second kappa shape index (κ2) is 9.66. The van der Waals surface area contributed by atoms with E-state index >= 15 is 0 Å². The van der Waals surface area contributed by atoms with Crippen LogP contribution in [0.15, 0.2) is 29.2 Å². The topological polar surface area (TPSA) is 70.2 Å². The van der Waals surface area contributed by atoms with E-state index in [2.05, 4.69) is 4.90 Å². The molecule has 2 aliphatic heterocycles. The van der Waals surface area contributed by atoms with E-state index < -0.39 is 11.1 Å². The lowest BCUT2D eigenvalue weighted by atomic mass is 10.1. The van der Waals surface area contributed by atoms with Crippen molar-refractivity contribution in [1.82, 2.24) is 9.80 Å². The molecular formula is C22H29N3O4S. The van der Waals surface area contributed by atoms with Crippen molar-refractivity contribution in [2.75, 3.05) is 37.7 Å². The maximum absolute atomic E-state index is 12.8. The number of anilines is 1. The molecule has 2 aliphatic rings. The Morgan fingerprint density at radius 1 is 1.10 bits per heavy atom. The number of ether oxygens (including phenoxy) is 1. The minimum Gasteiger partial charge on any atom is -0.378 e. The zero-order valence-electron chi connectivity index (χ0n) is 18.0. The van der Waals surface area contributed by atoms with Crippen LogP contribution in [0.5, 0.6) is 0 Å². The Bertz CT molecular complexity index is 821. The highest BCUT2D eigenvalue weighted by atomic mass is 32.2. The van der Waals surface area contributed by atoms with Gasteiger partial charge in [0.25, 0.3) is 11.1 Å². The molecule has 0 aliphatic carbocycles. The molecule has 1 aromatic rings. The molecule has 7 nitrogen and oxygen atoms in total. The van der Waals surface area contributed by atoms with Crippen molar-refractivity contribution in [3.05, 3.63) is 34.7 Å². The molecule has 2 heterocycles. The van der Waals surface area contributed by atoms with Crippen molar-refractivity contribution in [3.63, 3.8) is 0 Å². The quantitative estimate of drug-likeness (QED) is 0.644. The van der Waals surface area contributed by atoms with Crippen molar-refractivity contribution < 1.29 is 19.1 Å². The van der Waals surface area contributed by atoms with Crippen LogP contribution in [0.4, 0.5) is 10.5 Å². The molecule has 0 atom stereocenters. The summed E-state index contributed by atoms with van der Waals surface area (Å²) in [6.45, 7) is 10.6. The standard InChI is InChI=1S/C22H29N3O4S/c1-15(2)25(16(3)4)20(26)14-24-21(27)19(30-22(24)28)13-17-5-7-18(8-6-17)23-9-11-29-12-10-23/h5-8,13,15-16H,9-12,14H2,1-4H3/b19-13-. The molecular weight excluding hydrogens is 402 g/mol. The Balaban J connectivity index is 1.69. The predicted molar refractivity (Wildman–Crippen MR) is 119 cm³/mol. The van der Waals surface area contributed by atoms with Crippen LogP contribution in [0, 0.1) is 0 Å². The predicted octanol–water partition coefficient (Wildman–Crippen LogP) is 3.20. The van der Waals surface area contributed by atoms with Crippen LogP contribution in [0.25, 0.3) is 6.08 Å². The molecule has 2 fully saturated rings. The number of benzene rings is 1. The van der Waals surface area contributed by atoms with Gasteiger partial charge in [0.05, 0.1) is 18.1 Å². The van der Waals surface area contributed by atoms with Crippen molar-refractivity contribution in [2.45, 2.75) is 39.8 Å². The fourth-order valence-corrected chi connectivity index (χ4v) is 4.62. The third kappa shape index (κ3) is 5.05. The number of amides is 3. The monoisotopic (exact) mass is 431 g/mol. The van der Waals surface area contributed by atoms with Gasteiger partial charge in [-0.05, 0) is 63.2 Å². The van der Waals surface area contributed by atoms with E-state index in [4.69, 9.17) is 4.74 Å². The Kier molecular flexibility index (Phi) is 7.20. The van der Waals surface area contributed by atoms with Crippen molar-refractivity contribution in [1.29, 1.82) is 0 Å². The average Bonchev–Trinajstić information content (AvgIpc) is 2.96. The van der Waals surface area contributed by atoms with Crippen molar-refractivity contribution in [2.24, 2.45) is 0 Å². The molecule has 0 spiro atoms. The molecule has 0 bridgehead atoms. The maximum Gasteiger partial charge on any atom is 0.294 e. The van der Waals surface area contributed by atoms with Crippen LogP contribution < -0.4 is 4.90 Å². The van der Waals surface area contributed by atoms with Crippen molar-refractivity contribution in [3.8, 4) is 0 Å². The average molecular weight is 432 g/mol. The third-order valence-electron chi connectivity index (χ3n) is 5.13. The van der Waals surface area contributed by atoms with Gasteiger partial charge in [0.2, 0.25) is 5.91 Å². The summed E-state index contributed by atoms with van der Waals surface area (Å²) in [7, 11) is 0. The Labute approximate surface area is 182 Å². The number of imide groups is 1. The number of thioether (sulfide) groups is 1. The smallest absolute Gasteiger partial charge is 0.294 e. The van der Waals surface area contributed by atoms with Crippen LogP contribution in [-0.4, -0.2) is 71.8 Å². The lowest BCUT2D eigenvalue weighted by Gasteiger charge is -2.31. The molecule has 0 N–H and O–H groups in total. The summed E-state index contributed by atoms with van der Waals surface area (Å²) in [5.41, 5.74) is 1.95. The SMILES string of the molecule is CC(C)N(C(=O)CN1C(=O)S/C(=C\c2ccc(N3CCOCC3)cc2)C1=O)C(C)C. The van der Waals surface area contributed by atoms with Gasteiger partial charge in [-0.2, -0.15) is 0 Å². The molecule has 0 saturated carbocycles. The van der Waals surface area contributed by atoms with Gasteiger partial charge in [-0.3, -0.25) is 19.3 Å². The van der Waals surface area contributed by atoms with Gasteiger partial charge in [0, 0.05) is 30.9 Å². The first-order valence-corrected chi connectivity index (χ1v) is 11.1. The minimum absolute atomic E-state index is 0.00189. The highest BCUT2D eigenvalue weighted by Crippen LogP contribution is 2.32. The molecule has 8 heteroatoms. The Morgan fingerprint density at radius 2 is 1.70 bits per heavy atom. The van der Waals surface area contributed by atoms with E-state index in [1.54, 1.807) is 11.0 Å². The van der Waals surface area contributed by atoms with Gasteiger partial charge in [0.15, 0.2) is 0 Å². The molecule has 0 unspecified atom stereocenters. The van der Waals surface area contributed by atoms with Crippen LogP contribution in [-0.2, 0) is 14.3 Å². The molecule has 162 valence electrons. The normalized spacial score (nSPS) is 18.8. The Morgan fingerprint density at radius 3 is 2.27 bits per heavy atom. The number of rotatable bonds is 6. The first-order chi connectivity index (χ1) is 14.3. The summed E-state index contributed by atoms with van der Waals surface area (Å²) in [6.07, 6.45) is 1.71. The van der Waals surface area contributed by atoms with E-state index in [1.165, 1.54) is 0 Å². The van der Waals surface area contributed by atoms with Crippen molar-refractivity contribution >= 4 is 40.6 Å². The van der Waals surface area contributed by atoms with Crippen LogP contribution in [0.1, 0.15) is 33.3 Å². The van der Waals surface area contributed by atoms with Gasteiger partial charge < -0.3 is 14.5 Å². The minimum atomic E-state index is -0.414. The van der Waals surface area contributed by atoms with Crippen LogP contribution in [0.3, 0.4) is 0 Å². The van der Waals surface area contributed by atoms with Gasteiger partial charge in [0.1, 0.15) is 6.54 Å². The fraction of sp³-hybridized carbons (Fsp3) is 0.500. The highest BCUT2D eigenvalue weighted by molar-refractivity contribution is 8.18. The molecule has 30 heavy (non-hydrogen) atoms. The second-order valence-corrected chi connectivity index (χ2v) is 8.94. The zero-order chi connectivity index (χ0) is 21.8. The number of carbonyl (C=O) groups excluding carboxylic acids is 3. The number of carbonyl (C=O) groups is 3. The molecule has 2 saturated heterocycles. The summed E-state index contributed by atoms with van der Waals surface area (Å²) < 4.78 is 5.38. The number of hydrogen-bond acceptors (Lipinski definition) is 6. The molecule has 0 radical (unpaired) electrons. The lowest BCUT2D eigenvalue weighted by Crippen LogP contribution is -2.48. The Hall–Kier alpha value is -2.32. The summed E-state index contributed by atoms with van der Waals surface area (Å²) in [5, 5.41) is -0.406. The van der Waals surface area contributed by atoms with E-state index in [-0.39, 0.29) is 24.5 Å². The van der Waals surface area contributed by atoms with Crippen LogP contribution in [0.2, 0.25) is 0 Å². The lowest BCUT2D eigenvalue weighted by molar-refractivity contribution is -0.138. The van der Waals surface area contributed by atoms with Gasteiger partial charge in [-0.15, -0.1) is 0 Å². The van der Waals surface area contributed by atoms with E-state index in [0.29, 0.717) is 4.91 Å². The first-order valence-electron chi connectivity index (χ1n) is 10.3. The molecule has 3 amide bonds. The summed E-state index contributed by atoms with van der Waals surface area (Å²) >= 11 is 0.880. The van der Waals surface area contributed by atoms with E-state index in [0.717, 1.165) is 54.2 Å². The maximum atomic E-state index is 12.8. The fourth-order valence-electron chi connectivity index (χ4n) is 3.78. The molecule has 0 aromatic heterocycles. The zero-order valence-corrected chi connectivity index (χ0v) is 18.8. The first kappa shape index (κ1) is 22.4. The van der Waals surface area contributed by atoms with Gasteiger partial charge in [-0.1, -0.05) is 12.1 Å². The number of nitrogens with zero attached hydrogens (tertiary/aromatic N) is 3. The number of hydrogen-bond donors (Lipinski definition) is 0. The number of morpholine rings is 1. The largest absolute Gasteiger partial charge is 0.378 e. The molecule has 3 rings (SSSR count). The second-order valence-electron chi connectivity index (χ2n) is 7.95. The molecule has 1 aromatic carbocycles. The van der Waals surface area contributed by atoms with E-state index in [9.17, 15) is 14.4 Å². The summed E-state index contributed by atoms with van der Waals surface area (Å²) in [5.74, 6) is -0.638. The summed E-state index contributed by atoms with van der Waals surface area (Å²) in [4.78, 5) is 43.1. The van der Waals surface area contributed by atoms with Gasteiger partial charge in [-0.25, -0.2) is 0 Å². The van der Waals surface area contributed by atoms with Crippen LogP contribution >= 0.6 is 11.8 Å². The summed E-state index contributed by atoms with van der Waals surface area (Å²) in [6, 6.07) is 7.88. The van der Waals surface area contributed by atoms with Gasteiger partial charge >= 0.3 is 0 Å². The highest BCUT2D eigenvalue weighted by Gasteiger charge is 2.37. The van der Waals surface area contributed by atoms with E-state index in [1.807, 2.05) is 52.0 Å². The third-order valence-corrected chi connectivity index (χ3v) is 6.04.